The van der Waals surface area contributed by atoms with Crippen molar-refractivity contribution in [3.63, 3.8) is 0 Å². The molecule has 1 saturated heterocycles. The molecule has 0 bridgehead atoms. The number of unbranched alkanes of at least 4 members (excludes halogenated alkanes) is 1. The molecule has 0 radical (unpaired) electrons. The van der Waals surface area contributed by atoms with E-state index in [-0.39, 0.29) is 12.5 Å². The molecule has 0 aromatic carbocycles. The summed E-state index contributed by atoms with van der Waals surface area (Å²) < 4.78 is 5.73. The molecule has 0 unspecified atom stereocenters. The van der Waals surface area contributed by atoms with Gasteiger partial charge in [-0.2, -0.15) is 0 Å². The van der Waals surface area contributed by atoms with E-state index in [9.17, 15) is 15.3 Å². The van der Waals surface area contributed by atoms with Crippen molar-refractivity contribution in [1.82, 2.24) is 4.90 Å². The van der Waals surface area contributed by atoms with Crippen molar-refractivity contribution in [2.45, 2.75) is 57.5 Å². The van der Waals surface area contributed by atoms with Crippen molar-refractivity contribution >= 4 is 12.1 Å². The molecule has 0 aromatic rings. The lowest BCUT2D eigenvalue weighted by atomic mass is 9.96. The summed E-state index contributed by atoms with van der Waals surface area (Å²) in [6.45, 7) is 2.64. The van der Waals surface area contributed by atoms with Gasteiger partial charge in [0, 0.05) is 31.3 Å². The van der Waals surface area contributed by atoms with Gasteiger partial charge >= 0.3 is 0 Å². The van der Waals surface area contributed by atoms with E-state index in [1.165, 1.54) is 0 Å². The van der Waals surface area contributed by atoms with Crippen LogP contribution in [0.15, 0.2) is 22.3 Å². The van der Waals surface area contributed by atoms with E-state index in [1.807, 2.05) is 12.3 Å². The topological polar surface area (TPSA) is 97.9 Å². The van der Waals surface area contributed by atoms with Gasteiger partial charge in [-0.05, 0) is 25.5 Å². The maximum Gasteiger partial charge on any atom is 0.159 e. The third-order valence-electron chi connectivity index (χ3n) is 4.50. The van der Waals surface area contributed by atoms with Gasteiger partial charge in [-0.15, -0.1) is 0 Å². The van der Waals surface area contributed by atoms with E-state index in [4.69, 9.17) is 4.74 Å². The van der Waals surface area contributed by atoms with Crippen LogP contribution in [-0.4, -0.2) is 70.6 Å². The smallest absolute Gasteiger partial charge is 0.159 e. The van der Waals surface area contributed by atoms with Gasteiger partial charge in [0.1, 0.15) is 19.1 Å². The zero-order valence-electron chi connectivity index (χ0n) is 14.3. The summed E-state index contributed by atoms with van der Waals surface area (Å²) in [6, 6.07) is 0. The monoisotopic (exact) mass is 339 g/mol. The Labute approximate surface area is 143 Å². The first-order valence-electron chi connectivity index (χ1n) is 8.72. The van der Waals surface area contributed by atoms with Gasteiger partial charge in [-0.3, -0.25) is 4.99 Å². The molecule has 2 heterocycles. The van der Waals surface area contributed by atoms with Gasteiger partial charge in [0.05, 0.1) is 6.10 Å². The first-order chi connectivity index (χ1) is 11.7. The maximum atomic E-state index is 10.4. The number of nitrogens with zero attached hydrogens (tertiary/aromatic N) is 3. The number of aliphatic hydroxyl groups excluding tert-OH is 3. The highest BCUT2D eigenvalue weighted by Crippen LogP contribution is 2.23. The molecule has 2 aliphatic heterocycles. The highest BCUT2D eigenvalue weighted by atomic mass is 16.5. The van der Waals surface area contributed by atoms with Crippen LogP contribution in [0.2, 0.25) is 0 Å². The molecule has 2 rings (SSSR count). The fraction of sp³-hybridized carbons (Fsp3) is 0.765. The van der Waals surface area contributed by atoms with E-state index >= 15 is 0 Å². The van der Waals surface area contributed by atoms with Crippen molar-refractivity contribution in [1.29, 1.82) is 0 Å². The highest BCUT2D eigenvalue weighted by Gasteiger charge is 2.37. The molecule has 136 valence electrons. The van der Waals surface area contributed by atoms with Gasteiger partial charge in [0.2, 0.25) is 0 Å². The Morgan fingerprint density at radius 3 is 2.92 bits per heavy atom. The predicted molar refractivity (Wildman–Crippen MR) is 92.9 cm³/mol. The molecule has 0 spiro atoms. The number of aliphatic hydroxyl groups is 3. The Hall–Kier alpha value is -1.28. The summed E-state index contributed by atoms with van der Waals surface area (Å²) in [7, 11) is 0. The van der Waals surface area contributed by atoms with E-state index in [2.05, 4.69) is 16.9 Å². The Bertz CT molecular complexity index is 467. The normalized spacial score (nSPS) is 36.7. The Kier molecular flexibility index (Phi) is 7.84. The second-order valence-corrected chi connectivity index (χ2v) is 6.32. The molecule has 3 N–H and O–H groups in total. The number of ether oxygens (including phenoxy) is 1. The Balaban J connectivity index is 2.05. The zero-order chi connectivity index (χ0) is 17.4. The minimum absolute atomic E-state index is 0.170. The lowest BCUT2D eigenvalue weighted by molar-refractivity contribution is -0.133. The van der Waals surface area contributed by atoms with Crippen molar-refractivity contribution in [2.75, 3.05) is 19.9 Å². The van der Waals surface area contributed by atoms with Gasteiger partial charge in [0.25, 0.3) is 0 Å². The number of hydrogen-bond acceptors (Lipinski definition) is 7. The zero-order valence-corrected chi connectivity index (χ0v) is 14.3. The van der Waals surface area contributed by atoms with Crippen LogP contribution in [0.3, 0.4) is 0 Å². The lowest BCUT2D eigenvalue weighted by Gasteiger charge is -2.33. The number of hydrogen-bond donors (Lipinski definition) is 3. The number of allylic oxidation sites excluding steroid dienone is 1. The highest BCUT2D eigenvalue weighted by molar-refractivity contribution is 5.91. The summed E-state index contributed by atoms with van der Waals surface area (Å²) >= 11 is 0. The summed E-state index contributed by atoms with van der Waals surface area (Å²) in [6.07, 6.45) is 6.99. The second kappa shape index (κ2) is 9.88. The first kappa shape index (κ1) is 19.1. The van der Waals surface area contributed by atoms with Crippen LogP contribution in [0.25, 0.3) is 0 Å². The van der Waals surface area contributed by atoms with Crippen LogP contribution in [0.1, 0.15) is 39.0 Å². The molecule has 4 atom stereocenters. The summed E-state index contributed by atoms with van der Waals surface area (Å²) in [5.74, 6) is -0.376. The summed E-state index contributed by atoms with van der Waals surface area (Å²) in [4.78, 5) is 10.4. The quantitative estimate of drug-likeness (QED) is 0.691. The third kappa shape index (κ3) is 5.11. The van der Waals surface area contributed by atoms with E-state index in [1.54, 1.807) is 11.2 Å². The SMILES string of the molecule is CCCC/C1=N/C=N\CN([C@@H]2OCC[C@H](CO)[C@@H](O)[C@H]2O)/C=C\C1. The van der Waals surface area contributed by atoms with Crippen LogP contribution in [0, 0.1) is 5.92 Å². The van der Waals surface area contributed by atoms with Gasteiger partial charge in [-0.1, -0.05) is 19.4 Å². The molecule has 7 heteroatoms. The van der Waals surface area contributed by atoms with Crippen LogP contribution in [-0.2, 0) is 4.74 Å². The largest absolute Gasteiger partial charge is 0.396 e. The Morgan fingerprint density at radius 2 is 2.17 bits per heavy atom. The fourth-order valence-corrected chi connectivity index (χ4v) is 2.94. The maximum absolute atomic E-state index is 10.4. The molecular weight excluding hydrogens is 310 g/mol. The van der Waals surface area contributed by atoms with Gasteiger partial charge < -0.3 is 25.0 Å². The Morgan fingerprint density at radius 1 is 1.33 bits per heavy atom. The van der Waals surface area contributed by atoms with Crippen LogP contribution >= 0.6 is 0 Å². The van der Waals surface area contributed by atoms with Crippen LogP contribution < -0.4 is 0 Å². The first-order valence-corrected chi connectivity index (χ1v) is 8.72. The molecule has 0 aliphatic carbocycles. The van der Waals surface area contributed by atoms with Gasteiger partial charge in [0.15, 0.2) is 6.23 Å². The van der Waals surface area contributed by atoms with E-state index in [0.29, 0.717) is 19.7 Å². The standard InChI is InChI=1S/C17H29N3O4/c1-2-3-5-14-6-4-8-20(12-18-11-19-14)17-16(23)15(22)13(10-21)7-9-24-17/h4,8,11,13,15-17,21-23H,2-3,5-7,9-10,12H2,1H3/b8-4-,18-11-,19-14-/t13-,15-,16-,17-/m1/s1. The third-order valence-corrected chi connectivity index (χ3v) is 4.50. The number of rotatable bonds is 5. The van der Waals surface area contributed by atoms with E-state index in [0.717, 1.165) is 31.4 Å². The van der Waals surface area contributed by atoms with Crippen molar-refractivity contribution in [3.05, 3.63) is 12.3 Å². The molecule has 0 amide bonds. The van der Waals surface area contributed by atoms with Crippen LogP contribution in [0.4, 0.5) is 0 Å². The molecule has 0 aromatic heterocycles. The van der Waals surface area contributed by atoms with Crippen molar-refractivity contribution in [3.8, 4) is 0 Å². The van der Waals surface area contributed by atoms with Gasteiger partial charge in [-0.25, -0.2) is 4.99 Å². The fourth-order valence-electron chi connectivity index (χ4n) is 2.94. The molecule has 2 aliphatic rings. The predicted octanol–water partition coefficient (Wildman–Crippen LogP) is 0.899. The minimum atomic E-state index is -1.11. The average molecular weight is 339 g/mol. The van der Waals surface area contributed by atoms with Crippen LogP contribution in [0.5, 0.6) is 0 Å². The van der Waals surface area contributed by atoms with Crippen molar-refractivity contribution < 1.29 is 20.1 Å². The summed E-state index contributed by atoms with van der Waals surface area (Å²) in [5.41, 5.74) is 1.08. The lowest BCUT2D eigenvalue weighted by Crippen LogP contribution is -2.49. The molecule has 24 heavy (non-hydrogen) atoms. The second-order valence-electron chi connectivity index (χ2n) is 6.32. The molecule has 7 nitrogen and oxygen atoms in total. The minimum Gasteiger partial charge on any atom is -0.396 e. The molecule has 0 saturated carbocycles. The average Bonchev–Trinajstić information content (AvgIpc) is 2.67. The number of aliphatic imine (C=N–C) groups is 2. The van der Waals surface area contributed by atoms with E-state index < -0.39 is 18.4 Å². The summed E-state index contributed by atoms with van der Waals surface area (Å²) in [5, 5.41) is 30.0. The molecule has 1 fully saturated rings. The van der Waals surface area contributed by atoms with Crippen molar-refractivity contribution in [2.24, 2.45) is 15.9 Å². The molecular formula is C17H29N3O4.